The molecule has 0 heteroatoms. The van der Waals surface area contributed by atoms with Crippen LogP contribution in [0.4, 0.5) is 0 Å². The second-order valence-corrected chi connectivity index (χ2v) is 9.40. The van der Waals surface area contributed by atoms with E-state index in [-0.39, 0.29) is 0 Å². The van der Waals surface area contributed by atoms with Gasteiger partial charge in [-0.3, -0.25) is 0 Å². The Morgan fingerprint density at radius 1 is 0.889 bits per heavy atom. The van der Waals surface area contributed by atoms with Crippen LogP contribution in [0.2, 0.25) is 0 Å². The van der Waals surface area contributed by atoms with E-state index in [4.69, 9.17) is 0 Å². The summed E-state index contributed by atoms with van der Waals surface area (Å²) in [5, 5.41) is 0. The zero-order valence-electron chi connectivity index (χ0n) is 14.2. The van der Waals surface area contributed by atoms with Crippen molar-refractivity contribution in [1.29, 1.82) is 0 Å². The van der Waals surface area contributed by atoms with Gasteiger partial charge >= 0.3 is 0 Å². The molecule has 2 aliphatic carbocycles. The van der Waals surface area contributed by atoms with Gasteiger partial charge in [0, 0.05) is 0 Å². The minimum Gasteiger partial charge on any atom is -0.0628 e. The molecule has 106 valence electrons. The summed E-state index contributed by atoms with van der Waals surface area (Å²) >= 11 is 0. The molecule has 2 saturated carbocycles. The molecule has 0 nitrogen and oxygen atoms in total. The average Bonchev–Trinajstić information content (AvgIpc) is 2.20. The normalized spacial score (nSPS) is 46.3. The molecule has 0 aliphatic heterocycles. The van der Waals surface area contributed by atoms with Crippen LogP contribution < -0.4 is 0 Å². The van der Waals surface area contributed by atoms with Crippen LogP contribution in [-0.4, -0.2) is 0 Å². The van der Waals surface area contributed by atoms with E-state index in [1.165, 1.54) is 19.3 Å². The number of rotatable bonds is 3. The van der Waals surface area contributed by atoms with Gasteiger partial charge in [0.2, 0.25) is 0 Å². The molecule has 0 saturated heterocycles. The lowest BCUT2D eigenvalue weighted by molar-refractivity contribution is -0.403. The van der Waals surface area contributed by atoms with E-state index in [0.29, 0.717) is 27.1 Å². The highest BCUT2D eigenvalue weighted by atomic mass is 14.9. The van der Waals surface area contributed by atoms with Crippen LogP contribution in [0.1, 0.15) is 81.6 Å². The molecule has 0 amide bonds. The van der Waals surface area contributed by atoms with Gasteiger partial charge in [-0.2, -0.15) is 0 Å². The van der Waals surface area contributed by atoms with E-state index in [0.717, 1.165) is 5.92 Å². The van der Waals surface area contributed by atoms with Crippen molar-refractivity contribution in [2.45, 2.75) is 81.6 Å². The minimum atomic E-state index is 0.430. The molecule has 0 radical (unpaired) electrons. The Kier molecular flexibility index (Phi) is 2.69. The zero-order chi connectivity index (χ0) is 14.2. The number of hydrogen-bond donors (Lipinski definition) is 0. The molecule has 3 atom stereocenters. The molecular weight excluding hydrogens is 216 g/mol. The standard InChI is InChI=1S/C18H34/c1-13(2)12-14(3,4)18(9)15(5,6)16(7)10-11-17(16,18)8/h13H,10-12H2,1-9H3. The maximum atomic E-state index is 2.59. The third-order valence-electron chi connectivity index (χ3n) is 8.35. The summed E-state index contributed by atoms with van der Waals surface area (Å²) in [6.07, 6.45) is 4.22. The SMILES string of the molecule is CC(C)CC(C)(C)C1(C)C(C)(C)C2(C)CCC21C. The van der Waals surface area contributed by atoms with E-state index in [1.54, 1.807) is 0 Å². The Bertz CT molecular complexity index is 347. The summed E-state index contributed by atoms with van der Waals surface area (Å²) in [7, 11) is 0. The Morgan fingerprint density at radius 3 is 1.61 bits per heavy atom. The summed E-state index contributed by atoms with van der Waals surface area (Å²) in [5.41, 5.74) is 2.49. The highest BCUT2D eigenvalue weighted by molar-refractivity contribution is 5.31. The summed E-state index contributed by atoms with van der Waals surface area (Å²) < 4.78 is 0. The highest BCUT2D eigenvalue weighted by Gasteiger charge is 2.83. The molecule has 18 heavy (non-hydrogen) atoms. The van der Waals surface area contributed by atoms with Gasteiger partial charge in [-0.25, -0.2) is 0 Å². The van der Waals surface area contributed by atoms with Gasteiger partial charge in [-0.05, 0) is 52.3 Å². The smallest absolute Gasteiger partial charge is 0.0159 e. The first-order chi connectivity index (χ1) is 7.87. The van der Waals surface area contributed by atoms with Crippen LogP contribution in [0, 0.1) is 33.0 Å². The van der Waals surface area contributed by atoms with Crippen molar-refractivity contribution in [2.75, 3.05) is 0 Å². The van der Waals surface area contributed by atoms with E-state index in [2.05, 4.69) is 62.3 Å². The lowest BCUT2D eigenvalue weighted by atomic mass is 9.16. The molecule has 0 aromatic rings. The van der Waals surface area contributed by atoms with Gasteiger partial charge in [-0.15, -0.1) is 0 Å². The fourth-order valence-corrected chi connectivity index (χ4v) is 6.68. The van der Waals surface area contributed by atoms with Crippen LogP contribution in [0.25, 0.3) is 0 Å². The molecule has 3 unspecified atom stereocenters. The van der Waals surface area contributed by atoms with Crippen LogP contribution in [-0.2, 0) is 0 Å². The van der Waals surface area contributed by atoms with E-state index in [1.807, 2.05) is 0 Å². The van der Waals surface area contributed by atoms with Crippen molar-refractivity contribution in [3.8, 4) is 0 Å². The quantitative estimate of drug-likeness (QED) is 0.584. The molecule has 0 N–H and O–H groups in total. The van der Waals surface area contributed by atoms with Crippen molar-refractivity contribution in [3.05, 3.63) is 0 Å². The summed E-state index contributed by atoms with van der Waals surface area (Å²) in [6, 6.07) is 0. The van der Waals surface area contributed by atoms with Gasteiger partial charge < -0.3 is 0 Å². The lowest BCUT2D eigenvalue weighted by Crippen LogP contribution is -2.82. The van der Waals surface area contributed by atoms with Crippen molar-refractivity contribution >= 4 is 0 Å². The molecule has 0 bridgehead atoms. The van der Waals surface area contributed by atoms with Crippen LogP contribution >= 0.6 is 0 Å². The summed E-state index contributed by atoms with van der Waals surface area (Å²) in [4.78, 5) is 0. The fourth-order valence-electron chi connectivity index (χ4n) is 6.68. The van der Waals surface area contributed by atoms with Crippen molar-refractivity contribution in [3.63, 3.8) is 0 Å². The summed E-state index contributed by atoms with van der Waals surface area (Å²) in [6.45, 7) is 22.6. The fraction of sp³-hybridized carbons (Fsp3) is 1.00. The third kappa shape index (κ3) is 1.11. The number of hydrogen-bond acceptors (Lipinski definition) is 0. The van der Waals surface area contributed by atoms with Gasteiger partial charge in [-0.1, -0.05) is 62.3 Å². The lowest BCUT2D eigenvalue weighted by Gasteiger charge is -2.88. The molecule has 2 rings (SSSR count). The second kappa shape index (κ2) is 3.36. The zero-order valence-corrected chi connectivity index (χ0v) is 14.2. The summed E-state index contributed by atoms with van der Waals surface area (Å²) in [5.74, 6) is 0.795. The Labute approximate surface area is 115 Å². The Morgan fingerprint density at radius 2 is 1.33 bits per heavy atom. The average molecular weight is 250 g/mol. The molecule has 0 spiro atoms. The van der Waals surface area contributed by atoms with Crippen LogP contribution in [0.5, 0.6) is 0 Å². The van der Waals surface area contributed by atoms with Crippen molar-refractivity contribution in [2.24, 2.45) is 33.0 Å². The predicted molar refractivity (Wildman–Crippen MR) is 80.6 cm³/mol. The first kappa shape index (κ1) is 14.4. The van der Waals surface area contributed by atoms with Gasteiger partial charge in [0.05, 0.1) is 0 Å². The molecule has 2 aliphatic rings. The molecule has 0 heterocycles. The minimum absolute atomic E-state index is 0.430. The maximum absolute atomic E-state index is 2.59. The largest absolute Gasteiger partial charge is 0.0628 e. The Balaban J connectivity index is 2.43. The molecule has 0 aromatic heterocycles. The van der Waals surface area contributed by atoms with Crippen LogP contribution in [0.3, 0.4) is 0 Å². The molecule has 2 fully saturated rings. The topological polar surface area (TPSA) is 0 Å². The molecular formula is C18H34. The van der Waals surface area contributed by atoms with E-state index < -0.39 is 0 Å². The van der Waals surface area contributed by atoms with E-state index >= 15 is 0 Å². The maximum Gasteiger partial charge on any atom is -0.0159 e. The van der Waals surface area contributed by atoms with Crippen molar-refractivity contribution < 1.29 is 0 Å². The highest BCUT2D eigenvalue weighted by Crippen LogP contribution is 2.90. The van der Waals surface area contributed by atoms with Gasteiger partial charge in [0.15, 0.2) is 0 Å². The van der Waals surface area contributed by atoms with Gasteiger partial charge in [0.1, 0.15) is 0 Å². The third-order valence-corrected chi connectivity index (χ3v) is 8.35. The molecule has 0 aromatic carbocycles. The predicted octanol–water partition coefficient (Wildman–Crippen LogP) is 5.91. The Hall–Kier alpha value is 0. The van der Waals surface area contributed by atoms with Crippen LogP contribution in [0.15, 0.2) is 0 Å². The number of fused-ring (bicyclic) bond motifs is 1. The first-order valence-electron chi connectivity index (χ1n) is 7.87. The second-order valence-electron chi connectivity index (χ2n) is 9.40. The first-order valence-corrected chi connectivity index (χ1v) is 7.87. The van der Waals surface area contributed by atoms with Crippen molar-refractivity contribution in [1.82, 2.24) is 0 Å². The van der Waals surface area contributed by atoms with E-state index in [9.17, 15) is 0 Å². The monoisotopic (exact) mass is 250 g/mol. The van der Waals surface area contributed by atoms with Gasteiger partial charge in [0.25, 0.3) is 0 Å².